The molecular weight excluding hydrogens is 200 g/mol. The largest absolute Gasteiger partial charge is 0.455 e. The first-order valence-electron chi connectivity index (χ1n) is 4.37. The summed E-state index contributed by atoms with van der Waals surface area (Å²) in [7, 11) is 0. The molecule has 0 aliphatic heterocycles. The van der Waals surface area contributed by atoms with E-state index in [0.29, 0.717) is 5.02 Å². The van der Waals surface area contributed by atoms with E-state index in [1.54, 1.807) is 12.1 Å². The molecule has 0 aliphatic rings. The number of esters is 1. The highest BCUT2D eigenvalue weighted by Gasteiger charge is 2.23. The van der Waals surface area contributed by atoms with E-state index in [-0.39, 0.29) is 5.97 Å². The molecule has 0 N–H and O–H groups in total. The molecule has 76 valence electrons. The van der Waals surface area contributed by atoms with Gasteiger partial charge in [0.2, 0.25) is 0 Å². The molecule has 0 heterocycles. The lowest BCUT2D eigenvalue weighted by molar-refractivity contribution is -0.154. The van der Waals surface area contributed by atoms with Crippen molar-refractivity contribution in [3.8, 4) is 0 Å². The fourth-order valence-corrected chi connectivity index (χ4v) is 1.40. The summed E-state index contributed by atoms with van der Waals surface area (Å²) in [5.41, 5.74) is 0.327. The Morgan fingerprint density at radius 1 is 1.29 bits per heavy atom. The number of benzene rings is 1. The van der Waals surface area contributed by atoms with Crippen molar-refractivity contribution in [2.45, 2.75) is 26.4 Å². The number of carbonyl (C=O) groups is 1. The molecule has 0 unspecified atom stereocenters. The number of hydrogen-bond donors (Lipinski definition) is 0. The fourth-order valence-electron chi connectivity index (χ4n) is 1.27. The summed E-state index contributed by atoms with van der Waals surface area (Å²) in [6, 6.07) is 7.26. The minimum absolute atomic E-state index is 0.287. The van der Waals surface area contributed by atoms with Crippen LogP contribution < -0.4 is 0 Å². The number of carbonyl (C=O) groups excluding carboxylic acids is 1. The molecular formula is C11H13ClO2. The first-order chi connectivity index (χ1) is 6.42. The van der Waals surface area contributed by atoms with Gasteiger partial charge in [-0.15, -0.1) is 0 Å². The Balaban J connectivity index is 2.91. The van der Waals surface area contributed by atoms with Gasteiger partial charge in [-0.2, -0.15) is 0 Å². The quantitative estimate of drug-likeness (QED) is 0.704. The number of hydrogen-bond acceptors (Lipinski definition) is 2. The maximum Gasteiger partial charge on any atom is 0.303 e. The van der Waals surface area contributed by atoms with Crippen LogP contribution in [0.1, 0.15) is 26.3 Å². The van der Waals surface area contributed by atoms with Crippen molar-refractivity contribution in [3.05, 3.63) is 34.9 Å². The van der Waals surface area contributed by atoms with Crippen molar-refractivity contribution in [1.82, 2.24) is 0 Å². The van der Waals surface area contributed by atoms with E-state index in [9.17, 15) is 4.79 Å². The van der Waals surface area contributed by atoms with Crippen LogP contribution in [0.4, 0.5) is 0 Å². The average molecular weight is 213 g/mol. The molecule has 0 saturated carbocycles. The zero-order valence-electron chi connectivity index (χ0n) is 8.50. The highest BCUT2D eigenvalue weighted by molar-refractivity contribution is 6.30. The van der Waals surface area contributed by atoms with Crippen molar-refractivity contribution in [1.29, 1.82) is 0 Å². The Kier molecular flexibility index (Phi) is 3.17. The number of rotatable bonds is 2. The van der Waals surface area contributed by atoms with Gasteiger partial charge in [0.25, 0.3) is 0 Å². The second-order valence-corrected chi connectivity index (χ2v) is 4.05. The molecule has 0 aromatic heterocycles. The second kappa shape index (κ2) is 4.01. The van der Waals surface area contributed by atoms with Crippen molar-refractivity contribution in [2.24, 2.45) is 0 Å². The van der Waals surface area contributed by atoms with Crippen LogP contribution in [-0.2, 0) is 15.1 Å². The van der Waals surface area contributed by atoms with Crippen LogP contribution >= 0.6 is 11.6 Å². The molecule has 1 aromatic rings. The van der Waals surface area contributed by atoms with Crippen molar-refractivity contribution in [2.75, 3.05) is 0 Å². The van der Waals surface area contributed by atoms with Gasteiger partial charge >= 0.3 is 5.97 Å². The van der Waals surface area contributed by atoms with E-state index in [2.05, 4.69) is 0 Å². The summed E-state index contributed by atoms with van der Waals surface area (Å²) in [4.78, 5) is 10.9. The smallest absolute Gasteiger partial charge is 0.303 e. The summed E-state index contributed by atoms with van der Waals surface area (Å²) in [5, 5.41) is 0.673. The van der Waals surface area contributed by atoms with Crippen LogP contribution in [0.5, 0.6) is 0 Å². The zero-order chi connectivity index (χ0) is 10.8. The highest BCUT2D eigenvalue weighted by atomic mass is 35.5. The minimum Gasteiger partial charge on any atom is -0.455 e. The van der Waals surface area contributed by atoms with E-state index in [0.717, 1.165) is 5.56 Å². The van der Waals surface area contributed by atoms with Crippen LogP contribution in [0, 0.1) is 0 Å². The predicted octanol–water partition coefficient (Wildman–Crippen LogP) is 3.14. The Labute approximate surface area is 88.8 Å². The fraction of sp³-hybridized carbons (Fsp3) is 0.364. The zero-order valence-corrected chi connectivity index (χ0v) is 9.26. The Morgan fingerprint density at radius 3 is 2.21 bits per heavy atom. The lowest BCUT2D eigenvalue weighted by atomic mass is 9.98. The summed E-state index contributed by atoms with van der Waals surface area (Å²) in [6.45, 7) is 5.09. The van der Waals surface area contributed by atoms with Crippen LogP contribution in [0.3, 0.4) is 0 Å². The third-order valence-electron chi connectivity index (χ3n) is 1.94. The summed E-state index contributed by atoms with van der Waals surface area (Å²) in [6.07, 6.45) is 0. The lowest BCUT2D eigenvalue weighted by Gasteiger charge is -2.24. The topological polar surface area (TPSA) is 26.3 Å². The maximum atomic E-state index is 10.9. The monoisotopic (exact) mass is 212 g/mol. The molecule has 0 atom stereocenters. The van der Waals surface area contributed by atoms with E-state index < -0.39 is 5.60 Å². The van der Waals surface area contributed by atoms with Gasteiger partial charge in [-0.1, -0.05) is 23.7 Å². The average Bonchev–Trinajstić information content (AvgIpc) is 2.02. The highest BCUT2D eigenvalue weighted by Crippen LogP contribution is 2.25. The standard InChI is InChI=1S/C11H13ClO2/c1-8(13)14-11(2,3)9-4-6-10(12)7-5-9/h4-7H,1-3H3. The van der Waals surface area contributed by atoms with Crippen molar-refractivity contribution >= 4 is 17.6 Å². The molecule has 0 radical (unpaired) electrons. The van der Waals surface area contributed by atoms with Gasteiger partial charge in [0, 0.05) is 11.9 Å². The van der Waals surface area contributed by atoms with E-state index in [1.807, 2.05) is 26.0 Å². The van der Waals surface area contributed by atoms with Crippen LogP contribution in [-0.4, -0.2) is 5.97 Å². The molecule has 0 bridgehead atoms. The molecule has 0 spiro atoms. The third kappa shape index (κ3) is 2.74. The Hall–Kier alpha value is -1.02. The molecule has 14 heavy (non-hydrogen) atoms. The van der Waals surface area contributed by atoms with Crippen LogP contribution in [0.2, 0.25) is 5.02 Å². The second-order valence-electron chi connectivity index (χ2n) is 3.61. The van der Waals surface area contributed by atoms with Crippen LogP contribution in [0.15, 0.2) is 24.3 Å². The Bertz CT molecular complexity index is 328. The minimum atomic E-state index is -0.601. The summed E-state index contributed by atoms with van der Waals surface area (Å²) in [5.74, 6) is -0.287. The van der Waals surface area contributed by atoms with Gasteiger partial charge in [0.05, 0.1) is 0 Å². The van der Waals surface area contributed by atoms with Crippen LogP contribution in [0.25, 0.3) is 0 Å². The van der Waals surface area contributed by atoms with E-state index >= 15 is 0 Å². The Morgan fingerprint density at radius 2 is 1.79 bits per heavy atom. The first-order valence-corrected chi connectivity index (χ1v) is 4.75. The van der Waals surface area contributed by atoms with Gasteiger partial charge in [-0.25, -0.2) is 0 Å². The molecule has 3 heteroatoms. The molecule has 0 amide bonds. The van der Waals surface area contributed by atoms with Gasteiger partial charge < -0.3 is 4.74 Å². The molecule has 0 fully saturated rings. The SMILES string of the molecule is CC(=O)OC(C)(C)c1ccc(Cl)cc1. The van der Waals surface area contributed by atoms with Crippen molar-refractivity contribution < 1.29 is 9.53 Å². The first kappa shape index (κ1) is 11.1. The van der Waals surface area contributed by atoms with Gasteiger partial charge in [0.1, 0.15) is 5.60 Å². The molecule has 1 rings (SSSR count). The van der Waals surface area contributed by atoms with Crippen molar-refractivity contribution in [3.63, 3.8) is 0 Å². The third-order valence-corrected chi connectivity index (χ3v) is 2.19. The van der Waals surface area contributed by atoms with Gasteiger partial charge in [-0.05, 0) is 31.5 Å². The summed E-state index contributed by atoms with van der Waals surface area (Å²) < 4.78 is 5.18. The van der Waals surface area contributed by atoms with Gasteiger partial charge in [0.15, 0.2) is 0 Å². The number of ether oxygens (including phenoxy) is 1. The normalized spacial score (nSPS) is 11.1. The molecule has 2 nitrogen and oxygen atoms in total. The lowest BCUT2D eigenvalue weighted by Crippen LogP contribution is -2.24. The molecule has 1 aromatic carbocycles. The predicted molar refractivity (Wildman–Crippen MR) is 56.2 cm³/mol. The molecule has 0 aliphatic carbocycles. The maximum absolute atomic E-state index is 10.9. The summed E-state index contributed by atoms with van der Waals surface area (Å²) >= 11 is 5.76. The molecule has 0 saturated heterocycles. The van der Waals surface area contributed by atoms with E-state index in [4.69, 9.17) is 16.3 Å². The van der Waals surface area contributed by atoms with Gasteiger partial charge in [-0.3, -0.25) is 4.79 Å². The van der Waals surface area contributed by atoms with E-state index in [1.165, 1.54) is 6.92 Å². The number of halogens is 1.